The van der Waals surface area contributed by atoms with Crippen molar-refractivity contribution in [1.82, 2.24) is 25.1 Å². The van der Waals surface area contributed by atoms with E-state index in [-0.39, 0.29) is 6.54 Å². The summed E-state index contributed by atoms with van der Waals surface area (Å²) in [5.41, 5.74) is -0.420. The molecule has 0 saturated heterocycles. The standard InChI is InChI=1S/C14H28N6O3S/c1-5-15-13(16-7-6-8-19-24(4,22)23)17-11-14(2,21)12-9-18-20(3)10-12/h9-10,19,21H,5-8,11H2,1-4H3,(H2,15,16,17). The molecule has 0 saturated carbocycles. The van der Waals surface area contributed by atoms with E-state index in [4.69, 9.17) is 0 Å². The average molecular weight is 360 g/mol. The second-order valence-corrected chi connectivity index (χ2v) is 7.65. The number of nitrogens with zero attached hydrogens (tertiary/aromatic N) is 3. The van der Waals surface area contributed by atoms with E-state index in [0.29, 0.717) is 37.6 Å². The SMILES string of the molecule is CCNC(=NCC(C)(O)c1cnn(C)c1)NCCCNS(C)(=O)=O. The predicted molar refractivity (Wildman–Crippen MR) is 94.2 cm³/mol. The molecular formula is C14H28N6O3S. The highest BCUT2D eigenvalue weighted by atomic mass is 32.2. The molecule has 1 heterocycles. The first-order valence-electron chi connectivity index (χ1n) is 7.82. The predicted octanol–water partition coefficient (Wildman–Crippen LogP) is -0.878. The van der Waals surface area contributed by atoms with Crippen molar-refractivity contribution in [2.45, 2.75) is 25.9 Å². The van der Waals surface area contributed by atoms with Crippen LogP contribution in [0.15, 0.2) is 17.4 Å². The Kier molecular flexibility index (Phi) is 7.64. The van der Waals surface area contributed by atoms with Crippen LogP contribution in [-0.4, -0.2) is 61.7 Å². The van der Waals surface area contributed by atoms with Crippen LogP contribution >= 0.6 is 0 Å². The van der Waals surface area contributed by atoms with Gasteiger partial charge in [0.1, 0.15) is 5.60 Å². The maximum Gasteiger partial charge on any atom is 0.208 e. The molecule has 1 atom stereocenters. The van der Waals surface area contributed by atoms with Crippen LogP contribution in [0.25, 0.3) is 0 Å². The molecule has 1 aromatic heterocycles. The summed E-state index contributed by atoms with van der Waals surface area (Å²) in [5, 5.41) is 20.8. The van der Waals surface area contributed by atoms with Crippen LogP contribution in [0, 0.1) is 0 Å². The Hall–Kier alpha value is -1.65. The molecule has 1 rings (SSSR count). The molecule has 4 N–H and O–H groups in total. The van der Waals surface area contributed by atoms with Gasteiger partial charge in [-0.2, -0.15) is 5.10 Å². The minimum atomic E-state index is -3.16. The Morgan fingerprint density at radius 2 is 2.12 bits per heavy atom. The zero-order chi connectivity index (χ0) is 18.2. The molecule has 138 valence electrons. The highest BCUT2D eigenvalue weighted by Crippen LogP contribution is 2.19. The van der Waals surface area contributed by atoms with Gasteiger partial charge in [-0.05, 0) is 20.3 Å². The molecule has 0 amide bonds. The van der Waals surface area contributed by atoms with Crippen molar-refractivity contribution in [1.29, 1.82) is 0 Å². The van der Waals surface area contributed by atoms with E-state index in [1.165, 1.54) is 0 Å². The van der Waals surface area contributed by atoms with Crippen LogP contribution < -0.4 is 15.4 Å². The van der Waals surface area contributed by atoms with Crippen LogP contribution in [0.2, 0.25) is 0 Å². The summed E-state index contributed by atoms with van der Waals surface area (Å²) < 4.78 is 26.0. The summed E-state index contributed by atoms with van der Waals surface area (Å²) in [6.07, 6.45) is 5.13. The quantitative estimate of drug-likeness (QED) is 0.258. The fraction of sp³-hybridized carbons (Fsp3) is 0.714. The Bertz CT molecular complexity index is 639. The molecule has 9 nitrogen and oxygen atoms in total. The van der Waals surface area contributed by atoms with Crippen molar-refractivity contribution in [3.63, 3.8) is 0 Å². The first kappa shape index (κ1) is 20.4. The van der Waals surface area contributed by atoms with Gasteiger partial charge < -0.3 is 15.7 Å². The van der Waals surface area contributed by atoms with Crippen molar-refractivity contribution in [2.75, 3.05) is 32.4 Å². The second kappa shape index (κ2) is 9.00. The Labute approximate surface area is 143 Å². The first-order valence-corrected chi connectivity index (χ1v) is 9.71. The molecule has 0 fully saturated rings. The maximum atomic E-state index is 11.0. The lowest BCUT2D eigenvalue weighted by Crippen LogP contribution is -2.40. The molecule has 0 spiro atoms. The topological polar surface area (TPSA) is 121 Å². The number of aryl methyl sites for hydroxylation is 1. The molecule has 1 unspecified atom stereocenters. The van der Waals surface area contributed by atoms with Gasteiger partial charge in [-0.15, -0.1) is 0 Å². The number of aliphatic hydroxyl groups is 1. The highest BCUT2D eigenvalue weighted by molar-refractivity contribution is 7.88. The summed E-state index contributed by atoms with van der Waals surface area (Å²) in [7, 11) is -1.37. The highest BCUT2D eigenvalue weighted by Gasteiger charge is 2.24. The lowest BCUT2D eigenvalue weighted by Gasteiger charge is -2.20. The first-order chi connectivity index (χ1) is 11.1. The summed E-state index contributed by atoms with van der Waals surface area (Å²) in [6.45, 7) is 5.41. The van der Waals surface area contributed by atoms with Crippen LogP contribution in [0.1, 0.15) is 25.8 Å². The lowest BCUT2D eigenvalue weighted by atomic mass is 10.0. The minimum absolute atomic E-state index is 0.176. The third-order valence-corrected chi connectivity index (χ3v) is 3.95. The van der Waals surface area contributed by atoms with Crippen molar-refractivity contribution < 1.29 is 13.5 Å². The van der Waals surface area contributed by atoms with Gasteiger partial charge in [0.15, 0.2) is 5.96 Å². The van der Waals surface area contributed by atoms with Gasteiger partial charge in [-0.25, -0.2) is 18.1 Å². The number of rotatable bonds is 9. The molecule has 1 aromatic rings. The summed E-state index contributed by atoms with van der Waals surface area (Å²) in [6, 6.07) is 0. The van der Waals surface area contributed by atoms with Gasteiger partial charge in [-0.3, -0.25) is 4.68 Å². The molecule has 0 aliphatic heterocycles. The van der Waals surface area contributed by atoms with Crippen molar-refractivity contribution >= 4 is 16.0 Å². The van der Waals surface area contributed by atoms with E-state index in [0.717, 1.165) is 6.26 Å². The average Bonchev–Trinajstić information content (AvgIpc) is 2.90. The smallest absolute Gasteiger partial charge is 0.208 e. The molecule has 0 aliphatic carbocycles. The van der Waals surface area contributed by atoms with Crippen molar-refractivity contribution in [2.24, 2.45) is 12.0 Å². The van der Waals surface area contributed by atoms with Crippen LogP contribution in [0.3, 0.4) is 0 Å². The zero-order valence-electron chi connectivity index (χ0n) is 14.7. The van der Waals surface area contributed by atoms with Gasteiger partial charge in [0.25, 0.3) is 0 Å². The van der Waals surface area contributed by atoms with E-state index in [9.17, 15) is 13.5 Å². The Balaban J connectivity index is 2.52. The van der Waals surface area contributed by atoms with E-state index in [1.807, 2.05) is 6.92 Å². The molecule has 0 aromatic carbocycles. The lowest BCUT2D eigenvalue weighted by molar-refractivity contribution is 0.0672. The summed E-state index contributed by atoms with van der Waals surface area (Å²) in [5.74, 6) is 0.570. The van der Waals surface area contributed by atoms with Crippen LogP contribution in [0.4, 0.5) is 0 Å². The number of sulfonamides is 1. The maximum absolute atomic E-state index is 11.0. The number of guanidine groups is 1. The fourth-order valence-corrected chi connectivity index (χ4v) is 2.43. The summed E-state index contributed by atoms with van der Waals surface area (Å²) in [4.78, 5) is 4.39. The molecule has 0 bridgehead atoms. The molecule has 0 aliphatic rings. The van der Waals surface area contributed by atoms with Crippen LogP contribution in [-0.2, 0) is 22.7 Å². The number of hydrogen-bond acceptors (Lipinski definition) is 5. The normalized spacial score (nSPS) is 15.1. The number of hydrogen-bond donors (Lipinski definition) is 4. The Morgan fingerprint density at radius 3 is 2.67 bits per heavy atom. The van der Waals surface area contributed by atoms with Gasteiger partial charge in [-0.1, -0.05) is 0 Å². The third kappa shape index (κ3) is 7.75. The van der Waals surface area contributed by atoms with E-state index in [2.05, 4.69) is 25.4 Å². The van der Waals surface area contributed by atoms with Gasteiger partial charge in [0.05, 0.1) is 19.0 Å². The van der Waals surface area contributed by atoms with Gasteiger partial charge in [0.2, 0.25) is 10.0 Å². The summed E-state index contributed by atoms with van der Waals surface area (Å²) >= 11 is 0. The fourth-order valence-electron chi connectivity index (χ4n) is 1.92. The molecular weight excluding hydrogens is 332 g/mol. The van der Waals surface area contributed by atoms with E-state index >= 15 is 0 Å². The Morgan fingerprint density at radius 1 is 1.42 bits per heavy atom. The molecule has 0 radical (unpaired) electrons. The van der Waals surface area contributed by atoms with Gasteiger partial charge >= 0.3 is 0 Å². The second-order valence-electron chi connectivity index (χ2n) is 5.82. The van der Waals surface area contributed by atoms with E-state index < -0.39 is 15.6 Å². The van der Waals surface area contributed by atoms with Crippen molar-refractivity contribution in [3.05, 3.63) is 18.0 Å². The zero-order valence-corrected chi connectivity index (χ0v) is 15.5. The number of nitrogens with one attached hydrogen (secondary N) is 3. The number of aliphatic imine (C=N–C) groups is 1. The van der Waals surface area contributed by atoms with E-state index in [1.54, 1.807) is 31.0 Å². The van der Waals surface area contributed by atoms with Gasteiger partial charge in [0, 0.05) is 38.4 Å². The third-order valence-electron chi connectivity index (χ3n) is 3.23. The molecule has 24 heavy (non-hydrogen) atoms. The monoisotopic (exact) mass is 360 g/mol. The molecule has 10 heteroatoms. The van der Waals surface area contributed by atoms with Crippen LogP contribution in [0.5, 0.6) is 0 Å². The minimum Gasteiger partial charge on any atom is -0.383 e. The van der Waals surface area contributed by atoms with Crippen molar-refractivity contribution in [3.8, 4) is 0 Å². The largest absolute Gasteiger partial charge is 0.383 e. The number of aromatic nitrogens is 2.